The second-order valence-corrected chi connectivity index (χ2v) is 2.36. The molecule has 1 aromatic heterocycles. The number of hydrogen-bond donors (Lipinski definition) is 1. The molecule has 0 fully saturated rings. The molecular formula is C7H5F4NO. The lowest BCUT2D eigenvalue weighted by molar-refractivity contribution is -0.206. The number of alkyl halides is 3. The smallest absolute Gasteiger partial charge is 0.379 e. The van der Waals surface area contributed by atoms with Crippen LogP contribution in [0.2, 0.25) is 0 Å². The molecule has 72 valence electrons. The molecular weight excluding hydrogens is 190 g/mol. The van der Waals surface area contributed by atoms with Crippen LogP contribution in [-0.2, 0) is 0 Å². The van der Waals surface area contributed by atoms with Crippen molar-refractivity contribution in [3.05, 3.63) is 29.8 Å². The Kier molecular flexibility index (Phi) is 2.51. The highest BCUT2D eigenvalue weighted by atomic mass is 19.4. The molecule has 0 amide bonds. The van der Waals surface area contributed by atoms with Gasteiger partial charge >= 0.3 is 6.18 Å². The molecule has 0 saturated carbocycles. The molecule has 0 aromatic carbocycles. The lowest BCUT2D eigenvalue weighted by Crippen LogP contribution is -2.20. The molecule has 0 aliphatic carbocycles. The first kappa shape index (κ1) is 9.91. The molecule has 0 aliphatic heterocycles. The Morgan fingerprint density at radius 2 is 1.92 bits per heavy atom. The molecule has 2 nitrogen and oxygen atoms in total. The summed E-state index contributed by atoms with van der Waals surface area (Å²) in [5.74, 6) is -0.891. The van der Waals surface area contributed by atoms with Gasteiger partial charge in [-0.2, -0.15) is 17.6 Å². The molecule has 6 heteroatoms. The molecule has 1 aromatic rings. The van der Waals surface area contributed by atoms with Crippen molar-refractivity contribution >= 4 is 0 Å². The van der Waals surface area contributed by atoms with E-state index in [9.17, 15) is 17.6 Å². The van der Waals surface area contributed by atoms with E-state index in [0.29, 0.717) is 6.20 Å². The van der Waals surface area contributed by atoms with Crippen LogP contribution >= 0.6 is 0 Å². The number of aliphatic hydroxyl groups is 1. The van der Waals surface area contributed by atoms with Gasteiger partial charge in [0.15, 0.2) is 6.10 Å². The Hall–Kier alpha value is -1.17. The predicted octanol–water partition coefficient (Wildman–Crippen LogP) is 1.82. The SMILES string of the molecule is OC(c1ccc(F)nc1)C(F)(F)F. The first-order valence-corrected chi connectivity index (χ1v) is 3.27. The summed E-state index contributed by atoms with van der Waals surface area (Å²) >= 11 is 0. The average Bonchev–Trinajstić information content (AvgIpc) is 2.03. The first-order valence-electron chi connectivity index (χ1n) is 3.27. The fraction of sp³-hybridized carbons (Fsp3) is 0.286. The first-order chi connectivity index (χ1) is 5.91. The molecule has 0 radical (unpaired) electrons. The van der Waals surface area contributed by atoms with Gasteiger partial charge in [-0.1, -0.05) is 6.07 Å². The molecule has 0 saturated heterocycles. The Morgan fingerprint density at radius 1 is 1.31 bits per heavy atom. The summed E-state index contributed by atoms with van der Waals surface area (Å²) in [4.78, 5) is 2.99. The van der Waals surface area contributed by atoms with Crippen LogP contribution in [0.3, 0.4) is 0 Å². The lowest BCUT2D eigenvalue weighted by atomic mass is 10.1. The van der Waals surface area contributed by atoms with Crippen molar-refractivity contribution in [1.82, 2.24) is 4.98 Å². The number of halogens is 4. The topological polar surface area (TPSA) is 33.1 Å². The largest absolute Gasteiger partial charge is 0.418 e. The zero-order valence-electron chi connectivity index (χ0n) is 6.22. The summed E-state index contributed by atoms with van der Waals surface area (Å²) in [6.45, 7) is 0. The van der Waals surface area contributed by atoms with E-state index in [-0.39, 0.29) is 0 Å². The Bertz CT molecular complexity index is 282. The fourth-order valence-electron chi connectivity index (χ4n) is 0.738. The van der Waals surface area contributed by atoms with Crippen LogP contribution in [0.4, 0.5) is 17.6 Å². The maximum absolute atomic E-state index is 12.2. The number of hydrogen-bond acceptors (Lipinski definition) is 2. The van der Waals surface area contributed by atoms with E-state index in [1.165, 1.54) is 0 Å². The van der Waals surface area contributed by atoms with Gasteiger partial charge in [-0.15, -0.1) is 0 Å². The molecule has 13 heavy (non-hydrogen) atoms. The van der Waals surface area contributed by atoms with E-state index in [1.807, 2.05) is 0 Å². The van der Waals surface area contributed by atoms with Gasteiger partial charge in [0.25, 0.3) is 0 Å². The fourth-order valence-corrected chi connectivity index (χ4v) is 0.738. The summed E-state index contributed by atoms with van der Waals surface area (Å²) in [5.41, 5.74) is -0.478. The molecule has 1 unspecified atom stereocenters. The third-order valence-corrected chi connectivity index (χ3v) is 1.38. The van der Waals surface area contributed by atoms with E-state index in [2.05, 4.69) is 4.98 Å². The minimum atomic E-state index is -4.75. The Balaban J connectivity index is 2.90. The summed E-state index contributed by atoms with van der Waals surface area (Å²) in [7, 11) is 0. The van der Waals surface area contributed by atoms with E-state index >= 15 is 0 Å². The highest BCUT2D eigenvalue weighted by molar-refractivity contribution is 5.13. The Labute approximate surface area is 70.8 Å². The average molecular weight is 195 g/mol. The molecule has 0 spiro atoms. The second-order valence-electron chi connectivity index (χ2n) is 2.36. The predicted molar refractivity (Wildman–Crippen MR) is 35.2 cm³/mol. The minimum absolute atomic E-state index is 0.478. The molecule has 1 N–H and O–H groups in total. The maximum atomic E-state index is 12.2. The van der Waals surface area contributed by atoms with Gasteiger partial charge < -0.3 is 5.11 Å². The quantitative estimate of drug-likeness (QED) is 0.547. The van der Waals surface area contributed by atoms with Crippen LogP contribution in [0.5, 0.6) is 0 Å². The number of pyridine rings is 1. The van der Waals surface area contributed by atoms with Crippen LogP contribution in [-0.4, -0.2) is 16.3 Å². The summed E-state index contributed by atoms with van der Waals surface area (Å²) in [5, 5.41) is 8.66. The van der Waals surface area contributed by atoms with Crippen molar-refractivity contribution in [3.8, 4) is 0 Å². The summed E-state index contributed by atoms with van der Waals surface area (Å²) in [6, 6.07) is 1.59. The van der Waals surface area contributed by atoms with Gasteiger partial charge in [0.1, 0.15) is 0 Å². The number of aromatic nitrogens is 1. The van der Waals surface area contributed by atoms with Crippen molar-refractivity contribution in [2.45, 2.75) is 12.3 Å². The molecule has 0 aliphatic rings. The molecule has 1 heterocycles. The zero-order valence-corrected chi connectivity index (χ0v) is 6.22. The van der Waals surface area contributed by atoms with Gasteiger partial charge in [0.2, 0.25) is 5.95 Å². The second kappa shape index (κ2) is 3.29. The monoisotopic (exact) mass is 195 g/mol. The van der Waals surface area contributed by atoms with E-state index in [0.717, 1.165) is 12.1 Å². The standard InChI is InChI=1S/C7H5F4NO/c8-5-2-1-4(3-12-5)6(13)7(9,10)11/h1-3,6,13H. The number of rotatable bonds is 1. The van der Waals surface area contributed by atoms with Crippen molar-refractivity contribution < 1.29 is 22.7 Å². The Morgan fingerprint density at radius 3 is 2.31 bits per heavy atom. The van der Waals surface area contributed by atoms with Gasteiger partial charge in [0.05, 0.1) is 0 Å². The van der Waals surface area contributed by atoms with Gasteiger partial charge in [-0.25, -0.2) is 4.98 Å². The van der Waals surface area contributed by atoms with E-state index < -0.39 is 23.8 Å². The summed E-state index contributed by atoms with van der Waals surface area (Å²) < 4.78 is 47.8. The van der Waals surface area contributed by atoms with Crippen LogP contribution in [0.15, 0.2) is 18.3 Å². The normalized spacial score (nSPS) is 14.2. The van der Waals surface area contributed by atoms with Crippen LogP contribution in [0.25, 0.3) is 0 Å². The highest BCUT2D eigenvalue weighted by Crippen LogP contribution is 2.31. The number of nitrogens with zero attached hydrogens (tertiary/aromatic N) is 1. The van der Waals surface area contributed by atoms with E-state index in [4.69, 9.17) is 5.11 Å². The van der Waals surface area contributed by atoms with Crippen molar-refractivity contribution in [2.75, 3.05) is 0 Å². The maximum Gasteiger partial charge on any atom is 0.418 e. The van der Waals surface area contributed by atoms with Gasteiger partial charge in [-0.3, -0.25) is 0 Å². The molecule has 1 rings (SSSR count). The van der Waals surface area contributed by atoms with Crippen LogP contribution < -0.4 is 0 Å². The summed E-state index contributed by atoms with van der Waals surface area (Å²) in [6.07, 6.45) is -6.71. The van der Waals surface area contributed by atoms with E-state index in [1.54, 1.807) is 0 Å². The van der Waals surface area contributed by atoms with Crippen molar-refractivity contribution in [3.63, 3.8) is 0 Å². The van der Waals surface area contributed by atoms with Crippen molar-refractivity contribution in [2.24, 2.45) is 0 Å². The zero-order chi connectivity index (χ0) is 10.1. The lowest BCUT2D eigenvalue weighted by Gasteiger charge is -2.13. The molecule has 1 atom stereocenters. The molecule has 0 bridgehead atoms. The van der Waals surface area contributed by atoms with Crippen LogP contribution in [0, 0.1) is 5.95 Å². The highest BCUT2D eigenvalue weighted by Gasteiger charge is 2.39. The van der Waals surface area contributed by atoms with Crippen LogP contribution in [0.1, 0.15) is 11.7 Å². The minimum Gasteiger partial charge on any atom is -0.379 e. The third kappa shape index (κ3) is 2.38. The van der Waals surface area contributed by atoms with Gasteiger partial charge in [-0.05, 0) is 6.07 Å². The third-order valence-electron chi connectivity index (χ3n) is 1.38. The number of aliphatic hydroxyl groups excluding tert-OH is 1. The van der Waals surface area contributed by atoms with Crippen molar-refractivity contribution in [1.29, 1.82) is 0 Å². The van der Waals surface area contributed by atoms with Gasteiger partial charge in [0, 0.05) is 11.8 Å².